The molecule has 0 N–H and O–H groups in total. The zero-order valence-corrected chi connectivity index (χ0v) is 11.4. The molecule has 0 saturated heterocycles. The van der Waals surface area contributed by atoms with Crippen LogP contribution in [0.4, 0.5) is 0 Å². The largest absolute Gasteiger partial charge is 0.466 e. The van der Waals surface area contributed by atoms with Crippen LogP contribution in [0.1, 0.15) is 12.8 Å². The molecule has 2 aromatic heterocycles. The normalized spacial score (nSPS) is 10.5. The van der Waals surface area contributed by atoms with Crippen LogP contribution in [0.2, 0.25) is 10.0 Å². The zero-order chi connectivity index (χ0) is 13.8. The van der Waals surface area contributed by atoms with Crippen molar-refractivity contribution in [2.45, 2.75) is 13.3 Å². The van der Waals surface area contributed by atoms with E-state index in [0.717, 1.165) is 0 Å². The molecular formula is C11H9Cl2N3O3. The molecule has 0 unspecified atom stereocenters. The molecule has 0 amide bonds. The van der Waals surface area contributed by atoms with E-state index < -0.39 is 5.97 Å². The molecular weight excluding hydrogens is 293 g/mol. The number of halogens is 2. The minimum atomic E-state index is -0.437. The molecule has 0 bridgehead atoms. The Morgan fingerprint density at radius 2 is 2.26 bits per heavy atom. The third kappa shape index (κ3) is 3.42. The Bertz CT molecular complexity index is 601. The molecule has 0 aliphatic carbocycles. The van der Waals surface area contributed by atoms with E-state index in [1.165, 1.54) is 12.3 Å². The van der Waals surface area contributed by atoms with Crippen LogP contribution in [0.3, 0.4) is 0 Å². The van der Waals surface area contributed by atoms with E-state index in [4.69, 9.17) is 32.5 Å². The summed E-state index contributed by atoms with van der Waals surface area (Å²) in [5, 5.41) is 4.41. The fourth-order valence-electron chi connectivity index (χ4n) is 1.34. The minimum Gasteiger partial charge on any atom is -0.466 e. The number of aromatic nitrogens is 3. The number of hydrogen-bond acceptors (Lipinski definition) is 6. The SMILES string of the molecule is CCOC(=O)Cc1nc(-c2ncc(Cl)cc2Cl)no1. The average molecular weight is 302 g/mol. The molecule has 0 fully saturated rings. The molecule has 0 saturated carbocycles. The van der Waals surface area contributed by atoms with E-state index in [1.54, 1.807) is 6.92 Å². The monoisotopic (exact) mass is 301 g/mol. The molecule has 6 nitrogen and oxygen atoms in total. The van der Waals surface area contributed by atoms with Gasteiger partial charge in [-0.1, -0.05) is 28.4 Å². The number of esters is 1. The highest BCUT2D eigenvalue weighted by molar-refractivity contribution is 6.35. The predicted molar refractivity (Wildman–Crippen MR) is 67.9 cm³/mol. The third-order valence-corrected chi connectivity index (χ3v) is 2.58. The number of carbonyl (C=O) groups excluding carboxylic acids is 1. The number of carbonyl (C=O) groups is 1. The fraction of sp³-hybridized carbons (Fsp3) is 0.273. The van der Waals surface area contributed by atoms with E-state index >= 15 is 0 Å². The Morgan fingerprint density at radius 1 is 1.47 bits per heavy atom. The van der Waals surface area contributed by atoms with Crippen molar-refractivity contribution in [1.29, 1.82) is 0 Å². The first-order chi connectivity index (χ1) is 9.10. The fourth-order valence-corrected chi connectivity index (χ4v) is 1.80. The van der Waals surface area contributed by atoms with E-state index in [9.17, 15) is 4.79 Å². The number of ether oxygens (including phenoxy) is 1. The van der Waals surface area contributed by atoms with Gasteiger partial charge in [-0.2, -0.15) is 4.98 Å². The van der Waals surface area contributed by atoms with Crippen LogP contribution in [0.25, 0.3) is 11.5 Å². The predicted octanol–water partition coefficient (Wildman–Crippen LogP) is 2.54. The van der Waals surface area contributed by atoms with Gasteiger partial charge in [-0.3, -0.25) is 4.79 Å². The molecule has 0 spiro atoms. The van der Waals surface area contributed by atoms with Crippen molar-refractivity contribution >= 4 is 29.2 Å². The molecule has 100 valence electrons. The lowest BCUT2D eigenvalue weighted by Gasteiger charge is -1.97. The van der Waals surface area contributed by atoms with E-state index in [-0.39, 0.29) is 18.1 Å². The van der Waals surface area contributed by atoms with Crippen LogP contribution >= 0.6 is 23.2 Å². The summed E-state index contributed by atoms with van der Waals surface area (Å²) >= 11 is 11.7. The summed E-state index contributed by atoms with van der Waals surface area (Å²) in [6.07, 6.45) is 1.33. The maximum absolute atomic E-state index is 11.3. The van der Waals surface area contributed by atoms with Crippen LogP contribution in [0.5, 0.6) is 0 Å². The van der Waals surface area contributed by atoms with E-state index in [0.29, 0.717) is 22.3 Å². The van der Waals surface area contributed by atoms with Crippen LogP contribution < -0.4 is 0 Å². The van der Waals surface area contributed by atoms with Crippen molar-refractivity contribution in [3.05, 3.63) is 28.2 Å². The van der Waals surface area contributed by atoms with Gasteiger partial charge < -0.3 is 9.26 Å². The van der Waals surface area contributed by atoms with Crippen molar-refractivity contribution in [2.24, 2.45) is 0 Å². The third-order valence-electron chi connectivity index (χ3n) is 2.09. The second-order valence-electron chi connectivity index (χ2n) is 3.48. The number of nitrogens with zero attached hydrogens (tertiary/aromatic N) is 3. The van der Waals surface area contributed by atoms with E-state index in [1.807, 2.05) is 0 Å². The Morgan fingerprint density at radius 3 is 2.95 bits per heavy atom. The summed E-state index contributed by atoms with van der Waals surface area (Å²) in [6, 6.07) is 1.52. The molecule has 0 atom stereocenters. The molecule has 0 radical (unpaired) electrons. The summed E-state index contributed by atoms with van der Waals surface area (Å²) < 4.78 is 9.70. The lowest BCUT2D eigenvalue weighted by atomic mass is 10.3. The van der Waals surface area contributed by atoms with Crippen molar-refractivity contribution < 1.29 is 14.1 Å². The first-order valence-electron chi connectivity index (χ1n) is 5.39. The Labute approximate surface area is 118 Å². The highest BCUT2D eigenvalue weighted by Gasteiger charge is 2.16. The second kappa shape index (κ2) is 5.99. The van der Waals surface area contributed by atoms with Gasteiger partial charge in [0.15, 0.2) is 0 Å². The lowest BCUT2D eigenvalue weighted by molar-refractivity contribution is -0.142. The van der Waals surface area contributed by atoms with Crippen molar-refractivity contribution in [1.82, 2.24) is 15.1 Å². The van der Waals surface area contributed by atoms with Gasteiger partial charge in [0.05, 0.1) is 16.7 Å². The number of hydrogen-bond donors (Lipinski definition) is 0. The molecule has 0 aromatic carbocycles. The summed E-state index contributed by atoms with van der Waals surface area (Å²) in [7, 11) is 0. The van der Waals surface area contributed by atoms with Crippen molar-refractivity contribution in [3.8, 4) is 11.5 Å². The highest BCUT2D eigenvalue weighted by atomic mass is 35.5. The quantitative estimate of drug-likeness (QED) is 0.808. The molecule has 19 heavy (non-hydrogen) atoms. The summed E-state index contributed by atoms with van der Waals surface area (Å²) in [5.41, 5.74) is 0.338. The average Bonchev–Trinajstić information content (AvgIpc) is 2.77. The minimum absolute atomic E-state index is 0.0912. The first-order valence-corrected chi connectivity index (χ1v) is 6.15. The van der Waals surface area contributed by atoms with Crippen LogP contribution in [-0.4, -0.2) is 27.7 Å². The van der Waals surface area contributed by atoms with Crippen molar-refractivity contribution in [2.75, 3.05) is 6.61 Å². The van der Waals surface area contributed by atoms with Gasteiger partial charge in [-0.15, -0.1) is 0 Å². The summed E-state index contributed by atoms with van der Waals surface area (Å²) in [6.45, 7) is 2.01. The molecule has 2 aromatic rings. The Kier molecular flexibility index (Phi) is 4.34. The summed E-state index contributed by atoms with van der Waals surface area (Å²) in [4.78, 5) is 19.3. The van der Waals surface area contributed by atoms with Crippen LogP contribution in [0, 0.1) is 0 Å². The number of rotatable bonds is 4. The van der Waals surface area contributed by atoms with Gasteiger partial charge in [0.25, 0.3) is 0 Å². The van der Waals surface area contributed by atoms with Gasteiger partial charge in [0.1, 0.15) is 12.1 Å². The lowest BCUT2D eigenvalue weighted by Crippen LogP contribution is -2.07. The van der Waals surface area contributed by atoms with Crippen LogP contribution in [0.15, 0.2) is 16.8 Å². The number of pyridine rings is 1. The molecule has 2 heterocycles. The topological polar surface area (TPSA) is 78.1 Å². The standard InChI is InChI=1S/C11H9Cl2N3O3/c1-2-18-9(17)4-8-15-11(16-19-8)10-7(13)3-6(12)5-14-10/h3,5H,2,4H2,1H3. The van der Waals surface area contributed by atoms with Crippen molar-refractivity contribution in [3.63, 3.8) is 0 Å². The molecule has 0 aliphatic heterocycles. The van der Waals surface area contributed by atoms with Gasteiger partial charge in [0, 0.05) is 6.20 Å². The van der Waals surface area contributed by atoms with Gasteiger partial charge in [0.2, 0.25) is 11.7 Å². The van der Waals surface area contributed by atoms with Gasteiger partial charge in [-0.25, -0.2) is 4.98 Å². The maximum atomic E-state index is 11.3. The van der Waals surface area contributed by atoms with E-state index in [2.05, 4.69) is 15.1 Å². The van der Waals surface area contributed by atoms with Crippen LogP contribution in [-0.2, 0) is 16.0 Å². The molecule has 0 aliphatic rings. The molecule has 2 rings (SSSR count). The Hall–Kier alpha value is -1.66. The molecule has 8 heteroatoms. The maximum Gasteiger partial charge on any atom is 0.315 e. The second-order valence-corrected chi connectivity index (χ2v) is 4.32. The zero-order valence-electron chi connectivity index (χ0n) is 9.89. The first kappa shape index (κ1) is 13.8. The van der Waals surface area contributed by atoms with Gasteiger partial charge >= 0.3 is 5.97 Å². The summed E-state index contributed by atoms with van der Waals surface area (Å²) in [5.74, 6) is -0.102. The van der Waals surface area contributed by atoms with Gasteiger partial charge in [-0.05, 0) is 13.0 Å². The smallest absolute Gasteiger partial charge is 0.315 e. The highest BCUT2D eigenvalue weighted by Crippen LogP contribution is 2.25. The Balaban J connectivity index is 2.18.